The SMILES string of the molecule is Nc1cc(N)c(NCC(C2CC2)C2CC2)c(F)c1Cl. The van der Waals surface area contributed by atoms with Crippen molar-refractivity contribution in [3.05, 3.63) is 16.9 Å². The summed E-state index contributed by atoms with van der Waals surface area (Å²) in [5.41, 5.74) is 12.2. The minimum absolute atomic E-state index is 0.0499. The van der Waals surface area contributed by atoms with Gasteiger partial charge in [0, 0.05) is 6.54 Å². The number of nitrogens with one attached hydrogen (secondary N) is 1. The van der Waals surface area contributed by atoms with E-state index in [0.29, 0.717) is 17.3 Å². The van der Waals surface area contributed by atoms with E-state index in [-0.39, 0.29) is 10.7 Å². The van der Waals surface area contributed by atoms with E-state index in [0.717, 1.165) is 18.4 Å². The Kier molecular flexibility index (Phi) is 3.21. The monoisotopic (exact) mass is 283 g/mol. The van der Waals surface area contributed by atoms with Gasteiger partial charge in [0.1, 0.15) is 5.02 Å². The molecule has 104 valence electrons. The molecule has 5 N–H and O–H groups in total. The van der Waals surface area contributed by atoms with Crippen LogP contribution in [0.15, 0.2) is 6.07 Å². The third kappa shape index (κ3) is 2.59. The number of halogens is 2. The fourth-order valence-electron chi connectivity index (χ4n) is 2.83. The quantitative estimate of drug-likeness (QED) is 0.725. The second kappa shape index (κ2) is 4.75. The molecule has 2 fully saturated rings. The topological polar surface area (TPSA) is 64.1 Å². The van der Waals surface area contributed by atoms with Crippen molar-refractivity contribution in [3.63, 3.8) is 0 Å². The maximum Gasteiger partial charge on any atom is 0.169 e. The maximum absolute atomic E-state index is 14.1. The van der Waals surface area contributed by atoms with E-state index in [2.05, 4.69) is 5.32 Å². The van der Waals surface area contributed by atoms with E-state index in [4.69, 9.17) is 23.1 Å². The standard InChI is InChI=1S/C14H19ClFN3/c15-12-10(17)5-11(18)14(13(12)16)19-6-9(7-1-2-7)8-3-4-8/h5,7-9,19H,1-4,6,17-18H2. The summed E-state index contributed by atoms with van der Waals surface area (Å²) >= 11 is 5.82. The molecule has 2 saturated carbocycles. The van der Waals surface area contributed by atoms with Crippen LogP contribution < -0.4 is 16.8 Å². The van der Waals surface area contributed by atoms with Gasteiger partial charge in [-0.05, 0) is 49.5 Å². The normalized spacial score (nSPS) is 18.9. The molecule has 0 saturated heterocycles. The molecule has 1 aromatic carbocycles. The van der Waals surface area contributed by atoms with Gasteiger partial charge in [-0.2, -0.15) is 0 Å². The highest BCUT2D eigenvalue weighted by Gasteiger charge is 2.41. The number of nitrogens with two attached hydrogens (primary N) is 2. The molecule has 2 aliphatic rings. The Bertz CT molecular complexity index is 486. The van der Waals surface area contributed by atoms with E-state index < -0.39 is 5.82 Å². The second-order valence-electron chi connectivity index (χ2n) is 5.78. The van der Waals surface area contributed by atoms with Gasteiger partial charge in [0.15, 0.2) is 5.82 Å². The minimum Gasteiger partial charge on any atom is -0.397 e. The Morgan fingerprint density at radius 2 is 1.79 bits per heavy atom. The largest absolute Gasteiger partial charge is 0.397 e. The van der Waals surface area contributed by atoms with Gasteiger partial charge in [-0.1, -0.05) is 11.6 Å². The van der Waals surface area contributed by atoms with Gasteiger partial charge < -0.3 is 16.8 Å². The molecule has 0 unspecified atom stereocenters. The molecule has 19 heavy (non-hydrogen) atoms. The lowest BCUT2D eigenvalue weighted by atomic mass is 9.98. The van der Waals surface area contributed by atoms with Crippen molar-refractivity contribution >= 4 is 28.7 Å². The summed E-state index contributed by atoms with van der Waals surface area (Å²) in [5, 5.41) is 3.10. The molecule has 0 amide bonds. The molecule has 0 aliphatic heterocycles. The van der Waals surface area contributed by atoms with Crippen LogP contribution in [0.3, 0.4) is 0 Å². The summed E-state index contributed by atoms with van der Waals surface area (Å²) in [7, 11) is 0. The van der Waals surface area contributed by atoms with Crippen LogP contribution >= 0.6 is 11.6 Å². The van der Waals surface area contributed by atoms with Crippen molar-refractivity contribution in [1.82, 2.24) is 0 Å². The van der Waals surface area contributed by atoms with Crippen molar-refractivity contribution in [2.24, 2.45) is 17.8 Å². The second-order valence-corrected chi connectivity index (χ2v) is 6.16. The van der Waals surface area contributed by atoms with Crippen LogP contribution in [0.1, 0.15) is 25.7 Å². The van der Waals surface area contributed by atoms with E-state index in [1.807, 2.05) is 0 Å². The first-order chi connectivity index (χ1) is 9.08. The Balaban J connectivity index is 1.73. The fourth-order valence-corrected chi connectivity index (χ4v) is 2.98. The molecule has 3 nitrogen and oxygen atoms in total. The first kappa shape index (κ1) is 12.9. The van der Waals surface area contributed by atoms with Crippen molar-refractivity contribution in [1.29, 1.82) is 0 Å². The number of benzene rings is 1. The summed E-state index contributed by atoms with van der Waals surface area (Å²) < 4.78 is 14.1. The van der Waals surface area contributed by atoms with Gasteiger partial charge in [-0.25, -0.2) is 4.39 Å². The number of nitrogen functional groups attached to an aromatic ring is 2. The van der Waals surface area contributed by atoms with Crippen LogP contribution in [0.25, 0.3) is 0 Å². The lowest BCUT2D eigenvalue weighted by molar-refractivity contribution is 0.427. The fraction of sp³-hybridized carbons (Fsp3) is 0.571. The van der Waals surface area contributed by atoms with E-state index in [1.54, 1.807) is 0 Å². The predicted octanol–water partition coefficient (Wildman–Crippen LogP) is 3.49. The first-order valence-electron chi connectivity index (χ1n) is 6.84. The van der Waals surface area contributed by atoms with Crippen molar-refractivity contribution < 1.29 is 4.39 Å². The Morgan fingerprint density at radius 3 is 2.32 bits per heavy atom. The third-order valence-corrected chi connectivity index (χ3v) is 4.62. The van der Waals surface area contributed by atoms with Gasteiger partial charge >= 0.3 is 0 Å². The Labute approximate surface area is 117 Å². The lowest BCUT2D eigenvalue weighted by Gasteiger charge is -2.19. The van der Waals surface area contributed by atoms with Crippen molar-refractivity contribution in [2.75, 3.05) is 23.3 Å². The summed E-state index contributed by atoms with van der Waals surface area (Å²) in [4.78, 5) is 0. The molecular formula is C14H19ClFN3. The molecule has 0 spiro atoms. The molecule has 2 aliphatic carbocycles. The molecular weight excluding hydrogens is 265 g/mol. The van der Waals surface area contributed by atoms with Crippen LogP contribution in [-0.4, -0.2) is 6.54 Å². The first-order valence-corrected chi connectivity index (χ1v) is 7.22. The minimum atomic E-state index is -0.537. The molecule has 5 heteroatoms. The lowest BCUT2D eigenvalue weighted by Crippen LogP contribution is -2.19. The number of rotatable bonds is 5. The molecule has 0 heterocycles. The molecule has 0 radical (unpaired) electrons. The highest BCUT2D eigenvalue weighted by Crippen LogP contribution is 2.49. The van der Waals surface area contributed by atoms with Crippen LogP contribution in [0.5, 0.6) is 0 Å². The smallest absolute Gasteiger partial charge is 0.169 e. The predicted molar refractivity (Wildman–Crippen MR) is 77.7 cm³/mol. The summed E-state index contributed by atoms with van der Waals surface area (Å²) in [6.45, 7) is 0.775. The Morgan fingerprint density at radius 1 is 1.21 bits per heavy atom. The highest BCUT2D eigenvalue weighted by atomic mass is 35.5. The third-order valence-electron chi connectivity index (χ3n) is 4.23. The average molecular weight is 284 g/mol. The van der Waals surface area contributed by atoms with Crippen LogP contribution in [0.4, 0.5) is 21.5 Å². The number of hydrogen-bond acceptors (Lipinski definition) is 3. The highest BCUT2D eigenvalue weighted by molar-refractivity contribution is 6.33. The van der Waals surface area contributed by atoms with E-state index in [9.17, 15) is 4.39 Å². The van der Waals surface area contributed by atoms with Gasteiger partial charge in [-0.15, -0.1) is 0 Å². The maximum atomic E-state index is 14.1. The summed E-state index contributed by atoms with van der Waals surface area (Å²) in [6.07, 6.45) is 5.24. The van der Waals surface area contributed by atoms with Gasteiger partial charge in [-0.3, -0.25) is 0 Å². The Hall–Kier alpha value is -1.16. The van der Waals surface area contributed by atoms with E-state index in [1.165, 1.54) is 31.7 Å². The number of hydrogen-bond donors (Lipinski definition) is 3. The zero-order chi connectivity index (χ0) is 13.6. The average Bonchev–Trinajstić information content (AvgIpc) is 3.24. The zero-order valence-corrected chi connectivity index (χ0v) is 11.5. The zero-order valence-electron chi connectivity index (χ0n) is 10.8. The number of anilines is 3. The van der Waals surface area contributed by atoms with Gasteiger partial charge in [0.05, 0.1) is 17.1 Å². The van der Waals surface area contributed by atoms with Crippen LogP contribution in [0, 0.1) is 23.6 Å². The van der Waals surface area contributed by atoms with Crippen LogP contribution in [-0.2, 0) is 0 Å². The van der Waals surface area contributed by atoms with Crippen LogP contribution in [0.2, 0.25) is 5.02 Å². The molecule has 0 atom stereocenters. The summed E-state index contributed by atoms with van der Waals surface area (Å²) in [5.74, 6) is 1.74. The van der Waals surface area contributed by atoms with Crippen molar-refractivity contribution in [3.8, 4) is 0 Å². The molecule has 1 aromatic rings. The van der Waals surface area contributed by atoms with E-state index >= 15 is 0 Å². The van der Waals surface area contributed by atoms with Gasteiger partial charge in [0.2, 0.25) is 0 Å². The molecule has 0 aromatic heterocycles. The molecule has 0 bridgehead atoms. The van der Waals surface area contributed by atoms with Gasteiger partial charge in [0.25, 0.3) is 0 Å². The van der Waals surface area contributed by atoms with Crippen molar-refractivity contribution in [2.45, 2.75) is 25.7 Å². The molecule has 3 rings (SSSR count). The summed E-state index contributed by atoms with van der Waals surface area (Å²) in [6, 6.07) is 1.51.